The van der Waals surface area contributed by atoms with Crippen molar-refractivity contribution in [1.82, 2.24) is 19.9 Å². The van der Waals surface area contributed by atoms with Gasteiger partial charge in [0.2, 0.25) is 11.9 Å². The molecule has 1 unspecified atom stereocenters. The first-order chi connectivity index (χ1) is 18.4. The van der Waals surface area contributed by atoms with Gasteiger partial charge in [0.05, 0.1) is 54.9 Å². The quantitative estimate of drug-likeness (QED) is 0.254. The number of anilines is 3. The van der Waals surface area contributed by atoms with Gasteiger partial charge in [0, 0.05) is 42.1 Å². The Labute approximate surface area is 223 Å². The van der Waals surface area contributed by atoms with Crippen LogP contribution >= 0.6 is 11.3 Å². The second-order valence-corrected chi connectivity index (χ2v) is 10.1. The minimum Gasteiger partial charge on any atom is -0.462 e. The highest BCUT2D eigenvalue weighted by Crippen LogP contribution is 2.30. The molecule has 38 heavy (non-hydrogen) atoms. The number of esters is 1. The van der Waals surface area contributed by atoms with Crippen molar-refractivity contribution >= 4 is 45.1 Å². The van der Waals surface area contributed by atoms with Crippen LogP contribution in [0.4, 0.5) is 17.6 Å². The van der Waals surface area contributed by atoms with Crippen molar-refractivity contribution in [3.63, 3.8) is 0 Å². The van der Waals surface area contributed by atoms with Gasteiger partial charge in [0.25, 0.3) is 0 Å². The van der Waals surface area contributed by atoms with E-state index in [-0.39, 0.29) is 12.7 Å². The number of morpholine rings is 1. The van der Waals surface area contributed by atoms with Crippen molar-refractivity contribution in [1.29, 1.82) is 0 Å². The lowest BCUT2D eigenvalue weighted by molar-refractivity contribution is 0.0391. The van der Waals surface area contributed by atoms with Gasteiger partial charge in [0.15, 0.2) is 0 Å². The van der Waals surface area contributed by atoms with Crippen molar-refractivity contribution in [2.24, 2.45) is 0 Å². The molecule has 5 rings (SSSR count). The van der Waals surface area contributed by atoms with E-state index in [1.165, 1.54) is 12.4 Å². The Hall–Kier alpha value is -3.87. The highest BCUT2D eigenvalue weighted by Gasteiger charge is 2.25. The first-order valence-corrected chi connectivity index (χ1v) is 13.1. The van der Waals surface area contributed by atoms with Crippen LogP contribution in [0.2, 0.25) is 0 Å². The lowest BCUT2D eigenvalue weighted by Gasteiger charge is -2.33. The fraction of sp³-hybridized carbons (Fsp3) is 0.346. The zero-order chi connectivity index (χ0) is 26.6. The summed E-state index contributed by atoms with van der Waals surface area (Å²) in [4.78, 5) is 35.0. The molecule has 1 aliphatic rings. The molecule has 1 fully saturated rings. The van der Waals surface area contributed by atoms with Crippen LogP contribution in [-0.4, -0.2) is 64.4 Å². The van der Waals surface area contributed by atoms with Gasteiger partial charge in [-0.3, -0.25) is 0 Å². The number of nitrogens with zero attached hydrogens (tertiary/aromatic N) is 6. The Morgan fingerprint density at radius 1 is 1.26 bits per heavy atom. The Morgan fingerprint density at radius 3 is 2.84 bits per heavy atom. The van der Waals surface area contributed by atoms with Gasteiger partial charge in [-0.05, 0) is 30.7 Å². The number of benzene rings is 1. The maximum absolute atomic E-state index is 11.8. The number of thiophene rings is 1. The molecule has 0 aliphatic carbocycles. The summed E-state index contributed by atoms with van der Waals surface area (Å²) >= 11 is 1.62. The molecule has 0 radical (unpaired) electrons. The van der Waals surface area contributed by atoms with Crippen LogP contribution in [0.5, 0.6) is 0 Å². The standard InChI is InChI=1S/C26H29N7O4S/c1-3-36-24(35)18-10-28-25(29-11-18)32(2)13-19-9-21-23(38-19)12-30-26(31-21)33-6-7-37-22(14-33)16-4-5-20(27)17(8-16)15-34/h4-5,8-12,22,34H,3,6-7,13-15,27H2,1-2H3. The number of nitrogens with two attached hydrogens (primary N) is 1. The van der Waals surface area contributed by atoms with Crippen molar-refractivity contribution < 1.29 is 19.4 Å². The van der Waals surface area contributed by atoms with E-state index in [2.05, 4.69) is 25.9 Å². The SMILES string of the molecule is CCOC(=O)c1cnc(N(C)Cc2cc3nc(N4CCOC(c5ccc(N)c(CO)c5)C4)ncc3s2)nc1. The molecular formula is C26H29N7O4S. The van der Waals surface area contributed by atoms with Crippen LogP contribution in [0.3, 0.4) is 0 Å². The van der Waals surface area contributed by atoms with Crippen LogP contribution < -0.4 is 15.5 Å². The molecule has 0 amide bonds. The van der Waals surface area contributed by atoms with Crippen molar-refractivity contribution in [2.45, 2.75) is 26.2 Å². The number of carbonyl (C=O) groups is 1. The fourth-order valence-corrected chi connectivity index (χ4v) is 5.27. The van der Waals surface area contributed by atoms with E-state index in [9.17, 15) is 9.90 Å². The first-order valence-electron chi connectivity index (χ1n) is 12.3. The lowest BCUT2D eigenvalue weighted by Crippen LogP contribution is -2.39. The normalized spacial score (nSPS) is 15.6. The molecule has 4 aromatic rings. The fourth-order valence-electron chi connectivity index (χ4n) is 4.25. The molecule has 11 nitrogen and oxygen atoms in total. The van der Waals surface area contributed by atoms with E-state index < -0.39 is 5.97 Å². The summed E-state index contributed by atoms with van der Waals surface area (Å²) in [6, 6.07) is 7.68. The molecule has 1 aliphatic heterocycles. The van der Waals surface area contributed by atoms with Gasteiger partial charge in [0.1, 0.15) is 6.10 Å². The Kier molecular flexibility index (Phi) is 7.63. The third-order valence-electron chi connectivity index (χ3n) is 6.25. The molecule has 1 saturated heterocycles. The molecule has 3 aromatic heterocycles. The maximum atomic E-state index is 11.8. The van der Waals surface area contributed by atoms with E-state index in [4.69, 9.17) is 20.2 Å². The molecule has 3 N–H and O–H groups in total. The van der Waals surface area contributed by atoms with E-state index >= 15 is 0 Å². The van der Waals surface area contributed by atoms with E-state index in [0.29, 0.717) is 61.6 Å². The van der Waals surface area contributed by atoms with E-state index in [1.807, 2.05) is 30.3 Å². The topological polar surface area (TPSA) is 140 Å². The van der Waals surface area contributed by atoms with Gasteiger partial charge >= 0.3 is 5.97 Å². The predicted octanol–water partition coefficient (Wildman–Crippen LogP) is 2.95. The molecule has 1 aromatic carbocycles. The number of fused-ring (bicyclic) bond motifs is 1. The minimum absolute atomic E-state index is 0.114. The lowest BCUT2D eigenvalue weighted by atomic mass is 10.0. The molecule has 0 saturated carbocycles. The van der Waals surface area contributed by atoms with Crippen molar-refractivity contribution in [3.05, 3.63) is 64.4 Å². The number of aromatic nitrogens is 4. The zero-order valence-corrected chi connectivity index (χ0v) is 22.0. The summed E-state index contributed by atoms with van der Waals surface area (Å²) in [6.45, 7) is 4.35. The minimum atomic E-state index is -0.435. The smallest absolute Gasteiger partial charge is 0.341 e. The molecule has 0 spiro atoms. The second kappa shape index (κ2) is 11.3. The summed E-state index contributed by atoms with van der Waals surface area (Å²) in [5.41, 5.74) is 9.36. The van der Waals surface area contributed by atoms with Crippen molar-refractivity contribution in [3.8, 4) is 0 Å². The van der Waals surface area contributed by atoms with Gasteiger partial charge in [-0.2, -0.15) is 0 Å². The van der Waals surface area contributed by atoms with Crippen molar-refractivity contribution in [2.75, 3.05) is 48.9 Å². The van der Waals surface area contributed by atoms with Gasteiger partial charge in [-0.1, -0.05) is 6.07 Å². The van der Waals surface area contributed by atoms with Crippen LogP contribution in [0.1, 0.15) is 39.4 Å². The monoisotopic (exact) mass is 535 g/mol. The number of carbonyl (C=O) groups excluding carboxylic acids is 1. The Bertz CT molecular complexity index is 1430. The van der Waals surface area contributed by atoms with Crippen LogP contribution in [-0.2, 0) is 22.6 Å². The average molecular weight is 536 g/mol. The van der Waals surface area contributed by atoms with E-state index in [1.54, 1.807) is 24.3 Å². The molecule has 12 heteroatoms. The Morgan fingerprint density at radius 2 is 2.08 bits per heavy atom. The molecule has 4 heterocycles. The molecule has 198 valence electrons. The number of aliphatic hydroxyl groups excluding tert-OH is 1. The average Bonchev–Trinajstić information content (AvgIpc) is 3.35. The number of aliphatic hydroxyl groups is 1. The number of nitrogen functional groups attached to an aromatic ring is 1. The summed E-state index contributed by atoms with van der Waals surface area (Å²) in [5, 5.41) is 9.56. The van der Waals surface area contributed by atoms with Crippen LogP contribution in [0.15, 0.2) is 42.9 Å². The summed E-state index contributed by atoms with van der Waals surface area (Å²) in [5.74, 6) is 0.725. The highest BCUT2D eigenvalue weighted by molar-refractivity contribution is 7.19. The third kappa shape index (κ3) is 5.52. The third-order valence-corrected chi connectivity index (χ3v) is 7.29. The number of rotatable bonds is 8. The largest absolute Gasteiger partial charge is 0.462 e. The molecule has 0 bridgehead atoms. The number of ether oxygens (including phenoxy) is 2. The highest BCUT2D eigenvalue weighted by atomic mass is 32.1. The molecule has 1 atom stereocenters. The number of hydrogen-bond donors (Lipinski definition) is 2. The maximum Gasteiger partial charge on any atom is 0.341 e. The first kappa shape index (κ1) is 25.8. The van der Waals surface area contributed by atoms with Gasteiger partial charge in [-0.15, -0.1) is 11.3 Å². The van der Waals surface area contributed by atoms with E-state index in [0.717, 1.165) is 20.7 Å². The zero-order valence-electron chi connectivity index (χ0n) is 21.2. The van der Waals surface area contributed by atoms with Gasteiger partial charge in [-0.25, -0.2) is 24.7 Å². The summed E-state index contributed by atoms with van der Waals surface area (Å²) in [7, 11) is 1.90. The predicted molar refractivity (Wildman–Crippen MR) is 145 cm³/mol. The van der Waals surface area contributed by atoms with Crippen LogP contribution in [0, 0.1) is 0 Å². The van der Waals surface area contributed by atoms with Gasteiger partial charge < -0.3 is 30.1 Å². The second-order valence-electron chi connectivity index (χ2n) is 8.90. The molecular weight excluding hydrogens is 506 g/mol. The summed E-state index contributed by atoms with van der Waals surface area (Å²) < 4.78 is 12.0. The number of hydrogen-bond acceptors (Lipinski definition) is 12. The summed E-state index contributed by atoms with van der Waals surface area (Å²) in [6.07, 6.45) is 4.64. The Balaban J connectivity index is 1.28. The van der Waals surface area contributed by atoms with Crippen LogP contribution in [0.25, 0.3) is 10.2 Å².